The van der Waals surface area contributed by atoms with Crippen LogP contribution in [-0.2, 0) is 42.9 Å². The summed E-state index contributed by atoms with van der Waals surface area (Å²) < 4.78 is 90.8. The maximum Gasteiger partial charge on any atom is 0.216 e. The van der Waals surface area contributed by atoms with E-state index in [0.29, 0.717) is 24.5 Å². The van der Waals surface area contributed by atoms with E-state index in [2.05, 4.69) is 4.72 Å². The van der Waals surface area contributed by atoms with Crippen molar-refractivity contribution in [2.75, 3.05) is 33.1 Å². The van der Waals surface area contributed by atoms with Crippen molar-refractivity contribution >= 4 is 21.4 Å². The predicted molar refractivity (Wildman–Crippen MR) is 151 cm³/mol. The van der Waals surface area contributed by atoms with Gasteiger partial charge in [0.05, 0.1) is 26.1 Å². The van der Waals surface area contributed by atoms with E-state index in [1.54, 1.807) is 45.0 Å². The second kappa shape index (κ2) is 12.2. The molecule has 0 amide bonds. The van der Waals surface area contributed by atoms with Crippen molar-refractivity contribution in [3.05, 3.63) is 64.7 Å². The van der Waals surface area contributed by atoms with Crippen LogP contribution in [0.2, 0.25) is 0 Å². The van der Waals surface area contributed by atoms with Crippen LogP contribution in [0.5, 0.6) is 5.75 Å². The summed E-state index contributed by atoms with van der Waals surface area (Å²) in [5, 5.41) is 0. The van der Waals surface area contributed by atoms with Gasteiger partial charge in [0, 0.05) is 41.5 Å². The van der Waals surface area contributed by atoms with E-state index in [9.17, 15) is 13.0 Å². The normalized spacial score (nSPS) is 18.9. The fourth-order valence-corrected chi connectivity index (χ4v) is 6.63. The molecule has 40 heavy (non-hydrogen) atoms. The third-order valence-corrected chi connectivity index (χ3v) is 10.3. The zero-order chi connectivity index (χ0) is 30.1. The van der Waals surface area contributed by atoms with Gasteiger partial charge in [-0.05, 0) is 57.5 Å². The van der Waals surface area contributed by atoms with Gasteiger partial charge in [-0.25, -0.2) is 21.5 Å². The molecule has 1 saturated heterocycles. The molecule has 0 radical (unpaired) electrons. The van der Waals surface area contributed by atoms with E-state index in [4.69, 9.17) is 14.2 Å². The van der Waals surface area contributed by atoms with Crippen molar-refractivity contribution in [1.29, 1.82) is 0 Å². The fraction of sp³-hybridized carbons (Fsp3) is 0.571. The summed E-state index contributed by atoms with van der Waals surface area (Å²) in [5.41, 5.74) is -1.43. The summed E-state index contributed by atoms with van der Waals surface area (Å²) in [5.74, 6) is -2.51. The first-order chi connectivity index (χ1) is 18.4. The lowest BCUT2D eigenvalue weighted by Gasteiger charge is -2.37. The van der Waals surface area contributed by atoms with Gasteiger partial charge in [-0.15, -0.1) is 4.72 Å². The van der Waals surface area contributed by atoms with E-state index < -0.39 is 55.3 Å². The smallest absolute Gasteiger partial charge is 0.216 e. The van der Waals surface area contributed by atoms with Crippen molar-refractivity contribution in [3.63, 3.8) is 0 Å². The number of ether oxygens (including phenoxy) is 3. The maximum absolute atomic E-state index is 15.5. The average Bonchev–Trinajstić information content (AvgIpc) is 2.85. The van der Waals surface area contributed by atoms with Gasteiger partial charge in [0.15, 0.2) is 17.9 Å². The Balaban J connectivity index is 2.00. The minimum Gasteiger partial charge on any atom is -0.598 e. The molecule has 0 aliphatic carbocycles. The van der Waals surface area contributed by atoms with Gasteiger partial charge in [-0.1, -0.05) is 26.0 Å². The highest BCUT2D eigenvalue weighted by Gasteiger charge is 2.44. The average molecular weight is 603 g/mol. The fourth-order valence-electron chi connectivity index (χ4n) is 4.11. The highest BCUT2D eigenvalue weighted by molar-refractivity contribution is 7.91. The Morgan fingerprint density at radius 2 is 1.70 bits per heavy atom. The SMILES string of the molecule is COc1ccc(CN(C)S(=O)(=O)CC(C)(N[S+]([O-])C(C)(C)C)c2cc(C3OCC(C)(C)CO3)cc(F)c2F)cc1. The molecule has 3 rings (SSSR count). The number of nitrogens with one attached hydrogen (secondary N) is 1. The maximum atomic E-state index is 15.5. The lowest BCUT2D eigenvalue weighted by molar-refractivity contribution is -0.226. The molecule has 2 aromatic carbocycles. The molecule has 0 saturated carbocycles. The van der Waals surface area contributed by atoms with E-state index in [1.807, 2.05) is 13.8 Å². The van der Waals surface area contributed by atoms with E-state index in [0.717, 1.165) is 10.4 Å². The summed E-state index contributed by atoms with van der Waals surface area (Å²) >= 11 is -1.83. The summed E-state index contributed by atoms with van der Waals surface area (Å²) in [6.07, 6.45) is -0.964. The summed E-state index contributed by atoms with van der Waals surface area (Å²) in [6.45, 7) is 11.1. The molecule has 2 unspecified atom stereocenters. The minimum atomic E-state index is -4.10. The molecular formula is C28H40F2N2O6S2. The first-order valence-electron chi connectivity index (χ1n) is 12.9. The Bertz CT molecular complexity index is 1270. The second-order valence-corrected chi connectivity index (χ2v) is 16.2. The first-order valence-corrected chi connectivity index (χ1v) is 15.6. The number of hydrogen-bond acceptors (Lipinski definition) is 7. The number of hydrogen-bond donors (Lipinski definition) is 1. The molecule has 2 aromatic rings. The van der Waals surface area contributed by atoms with Gasteiger partial charge in [0.2, 0.25) is 10.0 Å². The van der Waals surface area contributed by atoms with Crippen LogP contribution < -0.4 is 9.46 Å². The van der Waals surface area contributed by atoms with Crippen molar-refractivity contribution in [1.82, 2.24) is 9.03 Å². The van der Waals surface area contributed by atoms with Crippen LogP contribution >= 0.6 is 0 Å². The van der Waals surface area contributed by atoms with Crippen LogP contribution in [0.15, 0.2) is 36.4 Å². The second-order valence-electron chi connectivity index (χ2n) is 12.2. The molecule has 1 N–H and O–H groups in total. The van der Waals surface area contributed by atoms with Crippen LogP contribution in [0.25, 0.3) is 0 Å². The van der Waals surface area contributed by atoms with Crippen LogP contribution in [0, 0.1) is 17.0 Å². The molecular weight excluding hydrogens is 562 g/mol. The highest BCUT2D eigenvalue weighted by atomic mass is 32.2. The molecule has 2 atom stereocenters. The summed E-state index contributed by atoms with van der Waals surface area (Å²) in [4.78, 5) is 0. The molecule has 1 aliphatic rings. The standard InChI is InChI=1S/C28H40F2N2O6S2/c1-26(2,3)39(33)31-28(6,18-40(34,35)32(7)15-19-9-11-21(36-8)12-10-19)22-13-20(14-23(29)24(22)30)25-37-16-27(4,5)17-38-25/h9-14,25,31H,15-18H2,1-8H3. The molecule has 1 heterocycles. The topological polar surface area (TPSA) is 100 Å². The van der Waals surface area contributed by atoms with E-state index in [-0.39, 0.29) is 23.1 Å². The largest absolute Gasteiger partial charge is 0.598 e. The van der Waals surface area contributed by atoms with Crippen molar-refractivity contribution in [2.45, 2.75) is 64.7 Å². The lowest BCUT2D eigenvalue weighted by atomic mass is 9.92. The Morgan fingerprint density at radius 1 is 1.12 bits per heavy atom. The highest BCUT2D eigenvalue weighted by Crippen LogP contribution is 2.36. The Labute approximate surface area is 239 Å². The molecule has 0 spiro atoms. The van der Waals surface area contributed by atoms with Gasteiger partial charge in [0.1, 0.15) is 16.0 Å². The van der Waals surface area contributed by atoms with Gasteiger partial charge in [-0.3, -0.25) is 0 Å². The Kier molecular flexibility index (Phi) is 9.98. The predicted octanol–water partition coefficient (Wildman–Crippen LogP) is 4.77. The number of rotatable bonds is 10. The third kappa shape index (κ3) is 7.93. The zero-order valence-electron chi connectivity index (χ0n) is 24.3. The third-order valence-electron chi connectivity index (χ3n) is 6.55. The van der Waals surface area contributed by atoms with Gasteiger partial charge < -0.3 is 18.8 Å². The lowest BCUT2D eigenvalue weighted by Crippen LogP contribution is -2.54. The quantitative estimate of drug-likeness (QED) is 0.391. The molecule has 1 fully saturated rings. The van der Waals surface area contributed by atoms with Crippen LogP contribution in [-0.4, -0.2) is 55.1 Å². The Hall–Kier alpha value is -1.80. The summed E-state index contributed by atoms with van der Waals surface area (Å²) in [7, 11) is -1.17. The number of halogens is 2. The van der Waals surface area contributed by atoms with Gasteiger partial charge in [0.25, 0.3) is 0 Å². The monoisotopic (exact) mass is 602 g/mol. The number of sulfonamides is 1. The zero-order valence-corrected chi connectivity index (χ0v) is 26.0. The van der Waals surface area contributed by atoms with Crippen molar-refractivity contribution < 1.29 is 36.0 Å². The van der Waals surface area contributed by atoms with Gasteiger partial charge >= 0.3 is 0 Å². The van der Waals surface area contributed by atoms with Crippen LogP contribution in [0.1, 0.15) is 64.5 Å². The van der Waals surface area contributed by atoms with Crippen LogP contribution in [0.4, 0.5) is 8.78 Å². The Morgan fingerprint density at radius 3 is 2.23 bits per heavy atom. The molecule has 0 aromatic heterocycles. The van der Waals surface area contributed by atoms with E-state index in [1.165, 1.54) is 27.1 Å². The first kappa shape index (κ1) is 32.7. The molecule has 12 heteroatoms. The van der Waals surface area contributed by atoms with Gasteiger partial charge in [-0.2, -0.15) is 0 Å². The molecule has 1 aliphatic heterocycles. The van der Waals surface area contributed by atoms with E-state index >= 15 is 8.78 Å². The molecule has 8 nitrogen and oxygen atoms in total. The molecule has 224 valence electrons. The number of benzene rings is 2. The summed E-state index contributed by atoms with van der Waals surface area (Å²) in [6, 6.07) is 9.21. The van der Waals surface area contributed by atoms with Crippen LogP contribution in [0.3, 0.4) is 0 Å². The van der Waals surface area contributed by atoms with Crippen molar-refractivity contribution in [2.24, 2.45) is 5.41 Å². The number of methoxy groups -OCH3 is 1. The van der Waals surface area contributed by atoms with Crippen molar-refractivity contribution in [3.8, 4) is 5.75 Å². The minimum absolute atomic E-state index is 0.0290. The molecule has 0 bridgehead atoms. The number of nitrogens with zero attached hydrogens (tertiary/aromatic N) is 1.